The fraction of sp³-hybridized carbons (Fsp3) is 0.192. The van der Waals surface area contributed by atoms with Crippen LogP contribution >= 0.6 is 7.82 Å². The van der Waals surface area contributed by atoms with Crippen LogP contribution in [0.3, 0.4) is 0 Å². The maximum absolute atomic E-state index is 11.2. The van der Waals surface area contributed by atoms with Crippen molar-refractivity contribution in [1.29, 1.82) is 0 Å². The highest BCUT2D eigenvalue weighted by Gasteiger charge is 2.17. The summed E-state index contributed by atoms with van der Waals surface area (Å²) in [6, 6.07) is 24.1. The zero-order valence-electron chi connectivity index (χ0n) is 19.5. The second kappa shape index (κ2) is 11.7. The SMILES string of the molecule is CCC(=C(c1ccc(OCCN(C)C(=O)O)cc1)c1ccc(OP(=O)(O)O)cc1)c1ccccc1. The zero-order chi connectivity index (χ0) is 25.4. The van der Waals surface area contributed by atoms with E-state index in [9.17, 15) is 9.36 Å². The third-order valence-electron chi connectivity index (χ3n) is 5.31. The second-order valence-electron chi connectivity index (χ2n) is 7.76. The highest BCUT2D eigenvalue weighted by molar-refractivity contribution is 7.46. The predicted molar refractivity (Wildman–Crippen MR) is 134 cm³/mol. The standard InChI is InChI=1S/C26H28NO7P/c1-3-24(19-7-5-4-6-8-19)25(21-11-15-23(16-12-21)34-35(30,31)32)20-9-13-22(14-10-20)33-18-17-27(2)26(28)29/h4-16H,3,17-18H2,1-2H3,(H,28,29)(H2,30,31,32). The maximum atomic E-state index is 11.2. The number of ether oxygens (including phenoxy) is 1. The van der Waals surface area contributed by atoms with Crippen LogP contribution in [-0.4, -0.2) is 46.1 Å². The van der Waals surface area contributed by atoms with E-state index in [1.54, 1.807) is 12.1 Å². The normalized spacial score (nSPS) is 12.0. The van der Waals surface area contributed by atoms with Crippen molar-refractivity contribution in [2.45, 2.75) is 13.3 Å². The minimum Gasteiger partial charge on any atom is -0.492 e. The molecule has 0 aliphatic carbocycles. The van der Waals surface area contributed by atoms with Gasteiger partial charge in [0.1, 0.15) is 18.1 Å². The molecule has 0 fully saturated rings. The van der Waals surface area contributed by atoms with Gasteiger partial charge in [0.15, 0.2) is 0 Å². The molecule has 1 amide bonds. The Bertz CT molecular complexity index is 1200. The first-order valence-electron chi connectivity index (χ1n) is 11.0. The Morgan fingerprint density at radius 1 is 0.857 bits per heavy atom. The molecular weight excluding hydrogens is 469 g/mol. The van der Waals surface area contributed by atoms with Crippen LogP contribution in [0.4, 0.5) is 4.79 Å². The minimum atomic E-state index is -4.65. The van der Waals surface area contributed by atoms with E-state index in [0.717, 1.165) is 39.2 Å². The molecular formula is C26H28NO7P. The third-order valence-corrected chi connectivity index (χ3v) is 5.76. The fourth-order valence-corrected chi connectivity index (χ4v) is 4.01. The highest BCUT2D eigenvalue weighted by Crippen LogP contribution is 2.39. The molecule has 184 valence electrons. The molecule has 3 aromatic carbocycles. The first kappa shape index (κ1) is 26.0. The van der Waals surface area contributed by atoms with Gasteiger partial charge in [-0.1, -0.05) is 61.5 Å². The summed E-state index contributed by atoms with van der Waals surface area (Å²) in [6.45, 7) is 2.55. The van der Waals surface area contributed by atoms with Crippen molar-refractivity contribution in [3.05, 3.63) is 95.6 Å². The predicted octanol–water partition coefficient (Wildman–Crippen LogP) is 5.52. The van der Waals surface area contributed by atoms with E-state index in [2.05, 4.69) is 6.92 Å². The molecule has 0 atom stereocenters. The Kier molecular flexibility index (Phi) is 8.71. The molecule has 0 aromatic heterocycles. The van der Waals surface area contributed by atoms with Gasteiger partial charge in [-0.25, -0.2) is 9.36 Å². The lowest BCUT2D eigenvalue weighted by molar-refractivity contribution is 0.147. The number of nitrogens with zero attached hydrogens (tertiary/aromatic N) is 1. The monoisotopic (exact) mass is 497 g/mol. The molecule has 0 radical (unpaired) electrons. The highest BCUT2D eigenvalue weighted by atomic mass is 31.2. The topological polar surface area (TPSA) is 117 Å². The van der Waals surface area contributed by atoms with Crippen LogP contribution < -0.4 is 9.26 Å². The molecule has 35 heavy (non-hydrogen) atoms. The molecule has 0 unspecified atom stereocenters. The van der Waals surface area contributed by atoms with Crippen LogP contribution in [0.15, 0.2) is 78.9 Å². The van der Waals surface area contributed by atoms with E-state index in [1.807, 2.05) is 54.6 Å². The number of allylic oxidation sites excluding steroid dienone is 1. The number of rotatable bonds is 10. The largest absolute Gasteiger partial charge is 0.524 e. The number of hydrogen-bond donors (Lipinski definition) is 3. The van der Waals surface area contributed by atoms with Crippen molar-refractivity contribution in [2.24, 2.45) is 0 Å². The van der Waals surface area contributed by atoms with E-state index in [4.69, 9.17) is 24.2 Å². The molecule has 0 aliphatic rings. The number of phosphoric ester groups is 1. The average molecular weight is 497 g/mol. The molecule has 0 saturated heterocycles. The van der Waals surface area contributed by atoms with Crippen LogP contribution in [0.5, 0.6) is 11.5 Å². The number of phosphoric acid groups is 1. The van der Waals surface area contributed by atoms with Crippen LogP contribution in [-0.2, 0) is 4.57 Å². The molecule has 3 N–H and O–H groups in total. The fourth-order valence-electron chi connectivity index (χ4n) is 3.61. The Hall–Kier alpha value is -3.58. The smallest absolute Gasteiger partial charge is 0.492 e. The van der Waals surface area contributed by atoms with E-state index >= 15 is 0 Å². The first-order valence-corrected chi connectivity index (χ1v) is 12.5. The molecule has 3 aromatic rings. The summed E-state index contributed by atoms with van der Waals surface area (Å²) in [6.07, 6.45) is -0.260. The van der Waals surface area contributed by atoms with Crippen LogP contribution in [0.1, 0.15) is 30.0 Å². The summed E-state index contributed by atoms with van der Waals surface area (Å²) in [7, 11) is -3.16. The second-order valence-corrected chi connectivity index (χ2v) is 8.92. The molecule has 0 heterocycles. The van der Waals surface area contributed by atoms with Crippen molar-refractivity contribution in [3.63, 3.8) is 0 Å². The summed E-state index contributed by atoms with van der Waals surface area (Å²) in [5.74, 6) is 0.698. The third kappa shape index (κ3) is 7.45. The van der Waals surface area contributed by atoms with E-state index in [-0.39, 0.29) is 18.9 Å². The maximum Gasteiger partial charge on any atom is 0.524 e. The van der Waals surface area contributed by atoms with Gasteiger partial charge in [0.2, 0.25) is 0 Å². The van der Waals surface area contributed by atoms with Crippen LogP contribution in [0.2, 0.25) is 0 Å². The van der Waals surface area contributed by atoms with Gasteiger partial charge in [0, 0.05) is 7.05 Å². The van der Waals surface area contributed by atoms with Crippen LogP contribution in [0, 0.1) is 0 Å². The lowest BCUT2D eigenvalue weighted by atomic mass is 9.88. The van der Waals surface area contributed by atoms with Gasteiger partial charge in [0.05, 0.1) is 6.54 Å². The number of likely N-dealkylation sites (N-methyl/N-ethyl adjacent to an activating group) is 1. The van der Waals surface area contributed by atoms with Crippen molar-refractivity contribution in [2.75, 3.05) is 20.2 Å². The molecule has 9 heteroatoms. The van der Waals surface area contributed by atoms with Gasteiger partial charge >= 0.3 is 13.9 Å². The Morgan fingerprint density at radius 3 is 1.89 bits per heavy atom. The van der Waals surface area contributed by atoms with Gasteiger partial charge < -0.3 is 19.3 Å². The first-order chi connectivity index (χ1) is 16.7. The van der Waals surface area contributed by atoms with Gasteiger partial charge in [-0.2, -0.15) is 0 Å². The van der Waals surface area contributed by atoms with Gasteiger partial charge in [0.25, 0.3) is 0 Å². The number of amides is 1. The van der Waals surface area contributed by atoms with Crippen LogP contribution in [0.25, 0.3) is 11.1 Å². The quantitative estimate of drug-likeness (QED) is 0.250. The van der Waals surface area contributed by atoms with Gasteiger partial charge in [-0.15, -0.1) is 0 Å². The summed E-state index contributed by atoms with van der Waals surface area (Å²) >= 11 is 0. The average Bonchev–Trinajstić information content (AvgIpc) is 2.83. The summed E-state index contributed by atoms with van der Waals surface area (Å²) in [5.41, 5.74) is 4.94. The van der Waals surface area contributed by atoms with Gasteiger partial charge in [-0.3, -0.25) is 9.79 Å². The van der Waals surface area contributed by atoms with E-state index in [0.29, 0.717) is 5.75 Å². The van der Waals surface area contributed by atoms with Crippen molar-refractivity contribution in [1.82, 2.24) is 4.90 Å². The lowest BCUT2D eigenvalue weighted by Gasteiger charge is -2.18. The van der Waals surface area contributed by atoms with Crippen molar-refractivity contribution >= 4 is 25.1 Å². The molecule has 0 spiro atoms. The Morgan fingerprint density at radius 2 is 1.40 bits per heavy atom. The summed E-state index contributed by atoms with van der Waals surface area (Å²) < 4.78 is 21.6. The molecule has 0 saturated carbocycles. The summed E-state index contributed by atoms with van der Waals surface area (Å²) in [4.78, 5) is 30.2. The van der Waals surface area contributed by atoms with Crippen molar-refractivity contribution in [3.8, 4) is 11.5 Å². The Labute approximate surface area is 204 Å². The molecule has 3 rings (SSSR count). The van der Waals surface area contributed by atoms with Gasteiger partial charge in [-0.05, 0) is 58.5 Å². The summed E-state index contributed by atoms with van der Waals surface area (Å²) in [5, 5.41) is 8.95. The number of benzene rings is 3. The molecule has 0 bridgehead atoms. The molecule has 0 aliphatic heterocycles. The number of carbonyl (C=O) groups is 1. The Balaban J connectivity index is 1.96. The molecule has 8 nitrogen and oxygen atoms in total. The van der Waals surface area contributed by atoms with E-state index in [1.165, 1.54) is 19.2 Å². The van der Waals surface area contributed by atoms with E-state index < -0.39 is 13.9 Å². The minimum absolute atomic E-state index is 0.0780. The number of carboxylic acid groups (broad SMARTS) is 1. The lowest BCUT2D eigenvalue weighted by Crippen LogP contribution is -2.29. The van der Waals surface area contributed by atoms with Crippen molar-refractivity contribution < 1.29 is 33.5 Å². The zero-order valence-corrected chi connectivity index (χ0v) is 20.4. The number of hydrogen-bond acceptors (Lipinski definition) is 4.